The highest BCUT2D eigenvalue weighted by molar-refractivity contribution is 5.81. The highest BCUT2D eigenvalue weighted by Gasteiger charge is 2.45. The number of nitrogens with one attached hydrogen (secondary N) is 2. The molecular weight excluding hydrogens is 372 g/mol. The van der Waals surface area contributed by atoms with Crippen LogP contribution in [0.4, 0.5) is 9.59 Å². The van der Waals surface area contributed by atoms with Gasteiger partial charge in [0.15, 0.2) is 0 Å². The lowest BCUT2D eigenvalue weighted by atomic mass is 9.74. The van der Waals surface area contributed by atoms with Crippen molar-refractivity contribution in [1.82, 2.24) is 10.6 Å². The van der Waals surface area contributed by atoms with Gasteiger partial charge >= 0.3 is 24.1 Å². The zero-order chi connectivity index (χ0) is 21.9. The third-order valence-electron chi connectivity index (χ3n) is 4.03. The van der Waals surface area contributed by atoms with E-state index in [1.807, 2.05) is 0 Å². The molecule has 0 aliphatic heterocycles. The highest BCUT2D eigenvalue weighted by Crippen LogP contribution is 2.32. The van der Waals surface area contributed by atoms with Crippen molar-refractivity contribution in [3.8, 4) is 0 Å². The molecule has 0 saturated heterocycles. The molecule has 0 aromatic rings. The highest BCUT2D eigenvalue weighted by atomic mass is 16.6. The van der Waals surface area contributed by atoms with E-state index in [-0.39, 0.29) is 12.8 Å². The number of aliphatic carboxylic acids is 2. The number of hydrogen-bond acceptors (Lipinski definition) is 6. The largest absolute Gasteiger partial charge is 0.481 e. The van der Waals surface area contributed by atoms with Gasteiger partial charge in [0.2, 0.25) is 0 Å². The summed E-state index contributed by atoms with van der Waals surface area (Å²) in [4.78, 5) is 47.3. The van der Waals surface area contributed by atoms with Crippen LogP contribution in [0.2, 0.25) is 0 Å². The van der Waals surface area contributed by atoms with Gasteiger partial charge < -0.3 is 30.3 Å². The van der Waals surface area contributed by atoms with E-state index in [1.165, 1.54) is 0 Å². The molecule has 0 radical (unpaired) electrons. The molecule has 4 unspecified atom stereocenters. The number of ether oxygens (including phenoxy) is 2. The molecule has 0 heterocycles. The van der Waals surface area contributed by atoms with Gasteiger partial charge in [-0.05, 0) is 54.4 Å². The number of carbonyl (C=O) groups excluding carboxylic acids is 2. The molecule has 0 bridgehead atoms. The van der Waals surface area contributed by atoms with Crippen molar-refractivity contribution in [3.63, 3.8) is 0 Å². The van der Waals surface area contributed by atoms with Gasteiger partial charge in [-0.3, -0.25) is 9.59 Å². The smallest absolute Gasteiger partial charge is 0.407 e. The second-order valence-corrected chi connectivity index (χ2v) is 8.87. The number of alkyl carbamates (subject to hydrolysis) is 2. The van der Waals surface area contributed by atoms with Crippen molar-refractivity contribution in [3.05, 3.63) is 0 Å². The van der Waals surface area contributed by atoms with Gasteiger partial charge in [-0.25, -0.2) is 9.59 Å². The number of carboxylic acids is 2. The van der Waals surface area contributed by atoms with Crippen LogP contribution in [0.3, 0.4) is 0 Å². The van der Waals surface area contributed by atoms with E-state index >= 15 is 0 Å². The first-order chi connectivity index (χ1) is 12.6. The van der Waals surface area contributed by atoms with E-state index in [9.17, 15) is 29.4 Å². The third-order valence-corrected chi connectivity index (χ3v) is 4.03. The summed E-state index contributed by atoms with van der Waals surface area (Å²) in [6, 6.07) is -1.67. The Kier molecular flexibility index (Phi) is 7.27. The average Bonchev–Trinajstić information content (AvgIpc) is 2.43. The minimum atomic E-state index is -1.28. The summed E-state index contributed by atoms with van der Waals surface area (Å²) < 4.78 is 10.4. The standard InChI is InChI=1S/C18H30N2O8/c1-17(2,3)27-15(25)19-11-7-9(13(21)22)10(14(23)24)8-12(11)20-16(26)28-18(4,5)6/h9-12H,7-8H2,1-6H3,(H,19,25)(H,20,26)(H,21,22)(H,23,24). The molecule has 4 N–H and O–H groups in total. The Balaban J connectivity index is 3.02. The molecule has 1 aliphatic carbocycles. The van der Waals surface area contributed by atoms with Crippen molar-refractivity contribution in [1.29, 1.82) is 0 Å². The first kappa shape index (κ1) is 23.5. The molecule has 10 nitrogen and oxygen atoms in total. The van der Waals surface area contributed by atoms with Gasteiger partial charge in [-0.2, -0.15) is 0 Å². The number of carbonyl (C=O) groups is 4. The van der Waals surface area contributed by atoms with Gasteiger partial charge in [0.1, 0.15) is 11.2 Å². The van der Waals surface area contributed by atoms with Crippen LogP contribution in [0, 0.1) is 11.8 Å². The summed E-state index contributed by atoms with van der Waals surface area (Å²) in [5.41, 5.74) is -1.55. The molecule has 1 saturated carbocycles. The fraction of sp³-hybridized carbons (Fsp3) is 0.778. The number of hydrogen-bond donors (Lipinski definition) is 4. The lowest BCUT2D eigenvalue weighted by molar-refractivity contribution is -0.156. The van der Waals surface area contributed by atoms with Crippen molar-refractivity contribution in [2.75, 3.05) is 0 Å². The second-order valence-electron chi connectivity index (χ2n) is 8.87. The zero-order valence-corrected chi connectivity index (χ0v) is 17.1. The molecule has 0 spiro atoms. The van der Waals surface area contributed by atoms with Crippen molar-refractivity contribution < 1.29 is 38.9 Å². The quantitative estimate of drug-likeness (QED) is 0.557. The van der Waals surface area contributed by atoms with Crippen LogP contribution < -0.4 is 10.6 Å². The van der Waals surface area contributed by atoms with Crippen LogP contribution in [0.5, 0.6) is 0 Å². The third kappa shape index (κ3) is 7.61. The Morgan fingerprint density at radius 2 is 1.00 bits per heavy atom. The van der Waals surface area contributed by atoms with E-state index in [0.717, 1.165) is 0 Å². The zero-order valence-electron chi connectivity index (χ0n) is 17.1. The van der Waals surface area contributed by atoms with E-state index in [2.05, 4.69) is 10.6 Å². The Morgan fingerprint density at radius 1 is 0.714 bits per heavy atom. The molecule has 1 aliphatic rings. The molecule has 10 heteroatoms. The molecule has 160 valence electrons. The molecule has 28 heavy (non-hydrogen) atoms. The van der Waals surface area contributed by atoms with E-state index in [1.54, 1.807) is 41.5 Å². The minimum Gasteiger partial charge on any atom is -0.481 e. The van der Waals surface area contributed by atoms with Gasteiger partial charge in [0.25, 0.3) is 0 Å². The first-order valence-electron chi connectivity index (χ1n) is 9.03. The second kappa shape index (κ2) is 8.66. The van der Waals surface area contributed by atoms with Crippen LogP contribution in [0.1, 0.15) is 54.4 Å². The van der Waals surface area contributed by atoms with Gasteiger partial charge in [-0.1, -0.05) is 0 Å². The van der Waals surface area contributed by atoms with Crippen LogP contribution in [0.25, 0.3) is 0 Å². The monoisotopic (exact) mass is 402 g/mol. The van der Waals surface area contributed by atoms with E-state index in [0.29, 0.717) is 0 Å². The van der Waals surface area contributed by atoms with Crippen LogP contribution in [-0.4, -0.2) is 57.6 Å². The lowest BCUT2D eigenvalue weighted by Crippen LogP contribution is -2.59. The fourth-order valence-electron chi connectivity index (χ4n) is 2.99. The van der Waals surface area contributed by atoms with Crippen LogP contribution >= 0.6 is 0 Å². The Hall–Kier alpha value is -2.52. The Bertz CT molecular complexity index is 566. The van der Waals surface area contributed by atoms with Gasteiger partial charge in [0.05, 0.1) is 23.9 Å². The predicted molar refractivity (Wildman–Crippen MR) is 97.8 cm³/mol. The first-order valence-corrected chi connectivity index (χ1v) is 9.03. The van der Waals surface area contributed by atoms with Crippen LogP contribution in [-0.2, 0) is 19.1 Å². The topological polar surface area (TPSA) is 151 Å². The molecule has 0 aromatic heterocycles. The number of amides is 2. The summed E-state index contributed by atoms with van der Waals surface area (Å²) >= 11 is 0. The maximum atomic E-state index is 12.1. The molecule has 1 rings (SSSR count). The van der Waals surface area contributed by atoms with Gasteiger partial charge in [-0.15, -0.1) is 0 Å². The summed E-state index contributed by atoms with van der Waals surface area (Å²) in [7, 11) is 0. The normalized spacial score (nSPS) is 25.4. The summed E-state index contributed by atoms with van der Waals surface area (Å²) in [5, 5.41) is 23.9. The van der Waals surface area contributed by atoms with Crippen molar-refractivity contribution in [2.45, 2.75) is 77.7 Å². The molecule has 1 fully saturated rings. The summed E-state index contributed by atoms with van der Waals surface area (Å²) in [6.45, 7) is 10.0. The van der Waals surface area contributed by atoms with Crippen molar-refractivity contribution in [2.24, 2.45) is 11.8 Å². The molecule has 0 aromatic carbocycles. The predicted octanol–water partition coefficient (Wildman–Crippen LogP) is 1.97. The lowest BCUT2D eigenvalue weighted by Gasteiger charge is -2.39. The maximum absolute atomic E-state index is 12.1. The maximum Gasteiger partial charge on any atom is 0.407 e. The van der Waals surface area contributed by atoms with E-state index < -0.39 is 59.2 Å². The molecular formula is C18H30N2O8. The number of rotatable bonds is 4. The SMILES string of the molecule is CC(C)(C)OC(=O)NC1CC(C(=O)O)C(C(=O)O)CC1NC(=O)OC(C)(C)C. The van der Waals surface area contributed by atoms with E-state index in [4.69, 9.17) is 9.47 Å². The van der Waals surface area contributed by atoms with Gasteiger partial charge in [0, 0.05) is 0 Å². The molecule has 2 amide bonds. The van der Waals surface area contributed by atoms with Crippen molar-refractivity contribution >= 4 is 24.1 Å². The average molecular weight is 402 g/mol. The fourth-order valence-corrected chi connectivity index (χ4v) is 2.99. The Labute approximate surface area is 163 Å². The Morgan fingerprint density at radius 3 is 1.21 bits per heavy atom. The summed E-state index contributed by atoms with van der Waals surface area (Å²) in [6.07, 6.45) is -1.92. The molecule has 4 atom stereocenters. The minimum absolute atomic E-state index is 0.175. The van der Waals surface area contributed by atoms with Crippen LogP contribution in [0.15, 0.2) is 0 Å². The number of carboxylic acid groups (broad SMARTS) is 2. The summed E-state index contributed by atoms with van der Waals surface area (Å²) in [5.74, 6) is -4.98.